The molecule has 1 amide bonds. The maximum absolute atomic E-state index is 13.2. The Hall–Kier alpha value is -2.84. The largest absolute Gasteiger partial charge is 0.355 e. The summed E-state index contributed by atoms with van der Waals surface area (Å²) in [6, 6.07) is 4.28. The van der Waals surface area contributed by atoms with E-state index in [2.05, 4.69) is 29.7 Å². The molecule has 2 fully saturated rings. The minimum absolute atomic E-state index is 0.00947. The van der Waals surface area contributed by atoms with Crippen LogP contribution in [0.4, 0.5) is 17.5 Å². The van der Waals surface area contributed by atoms with Gasteiger partial charge in [0.25, 0.3) is 15.9 Å². The molecule has 3 heterocycles. The van der Waals surface area contributed by atoms with Crippen molar-refractivity contribution in [1.82, 2.24) is 19.7 Å². The zero-order valence-corrected chi connectivity index (χ0v) is 22.3. The van der Waals surface area contributed by atoms with Crippen LogP contribution in [0.1, 0.15) is 56.9 Å². The number of piperidine rings is 1. The molecule has 0 radical (unpaired) electrons. The highest BCUT2D eigenvalue weighted by Gasteiger charge is 2.45. The second-order valence-electron chi connectivity index (χ2n) is 10.5. The Bertz CT molecular complexity index is 1370. The summed E-state index contributed by atoms with van der Waals surface area (Å²) in [4.78, 5) is 27.8. The number of nitrogens with one attached hydrogen (secondary N) is 3. The first-order valence-electron chi connectivity index (χ1n) is 11.6. The summed E-state index contributed by atoms with van der Waals surface area (Å²) in [5, 5.41) is 2.36. The Balaban J connectivity index is 1.61. The molecule has 14 heteroatoms. The fourth-order valence-electron chi connectivity index (χ4n) is 4.13. The average molecular weight is 538 g/mol. The van der Waals surface area contributed by atoms with Crippen molar-refractivity contribution in [2.45, 2.75) is 57.0 Å². The van der Waals surface area contributed by atoms with Gasteiger partial charge in [-0.15, -0.1) is 0 Å². The van der Waals surface area contributed by atoms with Gasteiger partial charge in [-0.25, -0.2) is 36.5 Å². The number of anilines is 3. The van der Waals surface area contributed by atoms with E-state index in [4.69, 9.17) is 0 Å². The van der Waals surface area contributed by atoms with Crippen molar-refractivity contribution in [2.24, 2.45) is 5.41 Å². The van der Waals surface area contributed by atoms with Crippen LogP contribution in [0, 0.1) is 5.41 Å². The molecule has 2 aromatic rings. The van der Waals surface area contributed by atoms with Crippen molar-refractivity contribution >= 4 is 43.4 Å². The van der Waals surface area contributed by atoms with E-state index >= 15 is 0 Å². The zero-order valence-electron chi connectivity index (χ0n) is 20.7. The summed E-state index contributed by atoms with van der Waals surface area (Å²) >= 11 is 0. The number of carbonyl (C=O) groups is 1. The maximum Gasteiger partial charge on any atom is 0.279 e. The second-order valence-corrected chi connectivity index (χ2v) is 13.8. The van der Waals surface area contributed by atoms with Crippen LogP contribution in [0.3, 0.4) is 0 Å². The van der Waals surface area contributed by atoms with Crippen LogP contribution in [0.2, 0.25) is 0 Å². The molecule has 0 atom stereocenters. The van der Waals surface area contributed by atoms with E-state index in [0.717, 1.165) is 19.1 Å². The standard InChI is InChI=1S/C22H31N7O5S2/c1-21(2,3)28-36(33,34)17-7-5-6-15(24-17)26-20(30)18-19(25-16(14-23-18)27-35(4,31)32)29-12-10-22(8-9-22)11-13-29/h5-7,14,28H,8-13H2,1-4H3,(H,25,27)(H,24,26,30). The molecule has 2 aromatic heterocycles. The van der Waals surface area contributed by atoms with Crippen molar-refractivity contribution in [2.75, 3.05) is 34.3 Å². The number of carbonyl (C=O) groups excluding carboxylic acids is 1. The monoisotopic (exact) mass is 537 g/mol. The lowest BCUT2D eigenvalue weighted by Crippen LogP contribution is -2.40. The van der Waals surface area contributed by atoms with Crippen molar-refractivity contribution < 1.29 is 21.6 Å². The van der Waals surface area contributed by atoms with E-state index in [1.807, 2.05) is 4.90 Å². The third-order valence-corrected chi connectivity index (χ3v) is 8.26. The Morgan fingerprint density at radius 2 is 1.67 bits per heavy atom. The minimum atomic E-state index is -3.91. The topological polar surface area (TPSA) is 163 Å². The number of hydrogen-bond donors (Lipinski definition) is 3. The molecule has 196 valence electrons. The van der Waals surface area contributed by atoms with Crippen LogP contribution < -0.4 is 19.7 Å². The van der Waals surface area contributed by atoms with Crippen LogP contribution >= 0.6 is 0 Å². The van der Waals surface area contributed by atoms with Gasteiger partial charge in [-0.3, -0.25) is 9.52 Å². The minimum Gasteiger partial charge on any atom is -0.355 e. The van der Waals surface area contributed by atoms with E-state index in [1.54, 1.807) is 20.8 Å². The second kappa shape index (κ2) is 9.23. The van der Waals surface area contributed by atoms with Gasteiger partial charge in [-0.1, -0.05) is 6.07 Å². The van der Waals surface area contributed by atoms with Crippen molar-refractivity contribution in [1.29, 1.82) is 0 Å². The van der Waals surface area contributed by atoms with Gasteiger partial charge in [0.05, 0.1) is 12.5 Å². The quantitative estimate of drug-likeness (QED) is 0.479. The molecule has 2 aliphatic rings. The summed E-state index contributed by atoms with van der Waals surface area (Å²) in [7, 11) is -7.50. The van der Waals surface area contributed by atoms with E-state index < -0.39 is 31.5 Å². The fraction of sp³-hybridized carbons (Fsp3) is 0.545. The summed E-state index contributed by atoms with van der Waals surface area (Å²) in [6.07, 6.45) is 6.50. The molecule has 1 saturated carbocycles. The van der Waals surface area contributed by atoms with E-state index in [1.165, 1.54) is 37.2 Å². The lowest BCUT2D eigenvalue weighted by atomic mass is 9.93. The Kier molecular flexibility index (Phi) is 6.73. The predicted octanol–water partition coefficient (Wildman–Crippen LogP) is 1.95. The van der Waals surface area contributed by atoms with E-state index in [-0.39, 0.29) is 28.2 Å². The first-order valence-corrected chi connectivity index (χ1v) is 14.9. The molecule has 12 nitrogen and oxygen atoms in total. The van der Waals surface area contributed by atoms with Gasteiger partial charge in [-0.2, -0.15) is 0 Å². The van der Waals surface area contributed by atoms with Crippen molar-refractivity contribution in [3.05, 3.63) is 30.1 Å². The number of hydrogen-bond acceptors (Lipinski definition) is 9. The van der Waals surface area contributed by atoms with Gasteiger partial charge < -0.3 is 10.2 Å². The molecular weight excluding hydrogens is 506 g/mol. The molecule has 1 saturated heterocycles. The molecule has 0 bridgehead atoms. The first kappa shape index (κ1) is 26.2. The Morgan fingerprint density at radius 3 is 2.25 bits per heavy atom. The van der Waals surface area contributed by atoms with E-state index in [9.17, 15) is 21.6 Å². The van der Waals surface area contributed by atoms with Crippen molar-refractivity contribution in [3.8, 4) is 0 Å². The number of sulfonamides is 2. The smallest absolute Gasteiger partial charge is 0.279 e. The summed E-state index contributed by atoms with van der Waals surface area (Å²) in [5.41, 5.74) is -0.338. The number of nitrogens with zero attached hydrogens (tertiary/aromatic N) is 4. The Morgan fingerprint density at radius 1 is 1.00 bits per heavy atom. The van der Waals surface area contributed by atoms with E-state index in [0.29, 0.717) is 18.5 Å². The zero-order chi connectivity index (χ0) is 26.4. The van der Waals surface area contributed by atoms with Gasteiger partial charge in [0.2, 0.25) is 10.0 Å². The summed E-state index contributed by atoms with van der Waals surface area (Å²) in [6.45, 7) is 6.47. The average Bonchev–Trinajstić information content (AvgIpc) is 3.50. The number of amides is 1. The molecule has 0 aromatic carbocycles. The van der Waals surface area contributed by atoms with Crippen LogP contribution in [-0.2, 0) is 20.0 Å². The molecule has 1 spiro atoms. The summed E-state index contributed by atoms with van der Waals surface area (Å²) < 4.78 is 53.5. The predicted molar refractivity (Wildman–Crippen MR) is 136 cm³/mol. The maximum atomic E-state index is 13.2. The normalized spacial score (nSPS) is 17.6. The molecule has 1 aliphatic carbocycles. The lowest BCUT2D eigenvalue weighted by Gasteiger charge is -2.33. The summed E-state index contributed by atoms with van der Waals surface area (Å²) in [5.74, 6) is -0.343. The van der Waals surface area contributed by atoms with Crippen LogP contribution in [0.15, 0.2) is 29.4 Å². The van der Waals surface area contributed by atoms with Gasteiger partial charge >= 0.3 is 0 Å². The molecule has 3 N–H and O–H groups in total. The van der Waals surface area contributed by atoms with Crippen LogP contribution in [0.25, 0.3) is 0 Å². The van der Waals surface area contributed by atoms with Gasteiger partial charge in [-0.05, 0) is 64.0 Å². The third kappa shape index (κ3) is 6.48. The molecular formula is C22H31N7O5S2. The van der Waals surface area contributed by atoms with Gasteiger partial charge in [0, 0.05) is 18.6 Å². The van der Waals surface area contributed by atoms with Crippen LogP contribution in [-0.4, -0.2) is 62.6 Å². The molecule has 0 unspecified atom stereocenters. The Labute approximate surface area is 211 Å². The SMILES string of the molecule is CC(C)(C)NS(=O)(=O)c1cccc(NC(=O)c2ncc(NS(C)(=O)=O)nc2N2CCC3(CC2)CC3)n1. The number of aromatic nitrogens is 3. The van der Waals surface area contributed by atoms with Crippen molar-refractivity contribution in [3.63, 3.8) is 0 Å². The highest BCUT2D eigenvalue weighted by Crippen LogP contribution is 2.53. The fourth-order valence-corrected chi connectivity index (χ4v) is 6.00. The molecule has 1 aliphatic heterocycles. The lowest BCUT2D eigenvalue weighted by molar-refractivity contribution is 0.102. The highest BCUT2D eigenvalue weighted by molar-refractivity contribution is 7.92. The molecule has 4 rings (SSSR count). The van der Waals surface area contributed by atoms with Crippen LogP contribution in [0.5, 0.6) is 0 Å². The first-order chi connectivity index (χ1) is 16.6. The molecule has 36 heavy (non-hydrogen) atoms. The third-order valence-electron chi connectivity index (χ3n) is 6.02. The van der Waals surface area contributed by atoms with Gasteiger partial charge in [0.15, 0.2) is 22.4 Å². The highest BCUT2D eigenvalue weighted by atomic mass is 32.2. The number of pyridine rings is 1. The van der Waals surface area contributed by atoms with Gasteiger partial charge in [0.1, 0.15) is 5.82 Å². The number of rotatable bonds is 7.